The number of anilines is 1. The van der Waals surface area contributed by atoms with Gasteiger partial charge in [0.15, 0.2) is 0 Å². The minimum Gasteiger partial charge on any atom is -0.366 e. The summed E-state index contributed by atoms with van der Waals surface area (Å²) in [6.07, 6.45) is -4.49. The highest BCUT2D eigenvalue weighted by Gasteiger charge is 2.32. The van der Waals surface area contributed by atoms with Crippen molar-refractivity contribution >= 4 is 40.2 Å². The van der Waals surface area contributed by atoms with Gasteiger partial charge in [-0.3, -0.25) is 14.5 Å². The number of carbonyl (C=O) groups is 2. The molecule has 0 atom stereocenters. The Labute approximate surface area is 121 Å². The van der Waals surface area contributed by atoms with Gasteiger partial charge in [-0.05, 0) is 18.2 Å². The van der Waals surface area contributed by atoms with Gasteiger partial charge in [-0.15, -0.1) is 0 Å². The van der Waals surface area contributed by atoms with Gasteiger partial charge in [0.1, 0.15) is 0 Å². The quantitative estimate of drug-likeness (QED) is 0.925. The third-order valence-corrected chi connectivity index (χ3v) is 3.75. The van der Waals surface area contributed by atoms with Crippen LogP contribution in [-0.4, -0.2) is 28.5 Å². The predicted molar refractivity (Wildman–Crippen MR) is 69.6 cm³/mol. The number of nitrogens with one attached hydrogen (secondary N) is 1. The number of benzene rings is 1. The minimum absolute atomic E-state index is 0.0130. The van der Waals surface area contributed by atoms with E-state index in [0.29, 0.717) is 0 Å². The largest absolute Gasteiger partial charge is 0.416 e. The summed E-state index contributed by atoms with van der Waals surface area (Å²) in [5, 5.41) is 2.20. The van der Waals surface area contributed by atoms with E-state index in [4.69, 9.17) is 11.6 Å². The first-order chi connectivity index (χ1) is 9.29. The molecule has 2 amide bonds. The van der Waals surface area contributed by atoms with Crippen LogP contribution in [0.4, 0.5) is 23.7 Å². The molecule has 4 nitrogen and oxygen atoms in total. The smallest absolute Gasteiger partial charge is 0.366 e. The fourth-order valence-electron chi connectivity index (χ4n) is 1.54. The van der Waals surface area contributed by atoms with Crippen LogP contribution in [-0.2, 0) is 11.0 Å². The average Bonchev–Trinajstić information content (AvgIpc) is 2.67. The highest BCUT2D eigenvalue weighted by atomic mass is 35.5. The monoisotopic (exact) mass is 324 g/mol. The Morgan fingerprint density at radius 1 is 1.35 bits per heavy atom. The zero-order chi connectivity index (χ0) is 14.9. The van der Waals surface area contributed by atoms with Gasteiger partial charge in [0, 0.05) is 0 Å². The van der Waals surface area contributed by atoms with E-state index in [2.05, 4.69) is 5.32 Å². The zero-order valence-electron chi connectivity index (χ0n) is 9.83. The van der Waals surface area contributed by atoms with E-state index in [0.717, 1.165) is 34.9 Å². The molecule has 0 bridgehead atoms. The second-order valence-electron chi connectivity index (χ2n) is 3.90. The summed E-state index contributed by atoms with van der Waals surface area (Å²) < 4.78 is 37.7. The topological polar surface area (TPSA) is 49.4 Å². The standard InChI is InChI=1S/C11H8ClF3N2O2S/c12-7-2-1-6(11(13,14)15)3-8(7)16-5-17-9(18)4-20-10(17)19/h1-3,16H,4-5H2. The number of thioether (sulfide) groups is 1. The van der Waals surface area contributed by atoms with E-state index in [1.54, 1.807) is 0 Å². The van der Waals surface area contributed by atoms with Crippen molar-refractivity contribution in [3.63, 3.8) is 0 Å². The first-order valence-electron chi connectivity index (χ1n) is 5.37. The Balaban J connectivity index is 2.13. The summed E-state index contributed by atoms with van der Waals surface area (Å²) in [5.41, 5.74) is -0.850. The first-order valence-corrected chi connectivity index (χ1v) is 6.73. The van der Waals surface area contributed by atoms with E-state index >= 15 is 0 Å². The Morgan fingerprint density at radius 2 is 2.05 bits per heavy atom. The van der Waals surface area contributed by atoms with Gasteiger partial charge in [0.25, 0.3) is 5.24 Å². The molecule has 0 aliphatic carbocycles. The van der Waals surface area contributed by atoms with Gasteiger partial charge in [-0.25, -0.2) is 0 Å². The predicted octanol–water partition coefficient (Wildman–Crippen LogP) is 3.42. The number of alkyl halides is 3. The molecule has 1 aliphatic heterocycles. The summed E-state index contributed by atoms with van der Waals surface area (Å²) in [7, 11) is 0. The molecule has 1 saturated heterocycles. The highest BCUT2D eigenvalue weighted by molar-refractivity contribution is 8.14. The minimum atomic E-state index is -4.49. The average molecular weight is 325 g/mol. The summed E-state index contributed by atoms with van der Waals surface area (Å²) in [6, 6.07) is 2.80. The van der Waals surface area contributed by atoms with E-state index in [9.17, 15) is 22.8 Å². The second-order valence-corrected chi connectivity index (χ2v) is 5.24. The molecule has 0 saturated carbocycles. The van der Waals surface area contributed by atoms with Crippen LogP contribution in [0.1, 0.15) is 5.56 Å². The number of halogens is 4. The van der Waals surface area contributed by atoms with Crippen molar-refractivity contribution in [3.8, 4) is 0 Å². The number of hydrogen-bond donors (Lipinski definition) is 1. The van der Waals surface area contributed by atoms with Crippen molar-refractivity contribution in [2.45, 2.75) is 6.18 Å². The van der Waals surface area contributed by atoms with Crippen molar-refractivity contribution in [2.24, 2.45) is 0 Å². The molecule has 0 spiro atoms. The molecular formula is C11H8ClF3N2O2S. The third-order valence-electron chi connectivity index (χ3n) is 2.56. The molecule has 2 rings (SSSR count). The van der Waals surface area contributed by atoms with E-state index < -0.39 is 22.9 Å². The molecule has 0 radical (unpaired) electrons. The number of nitrogens with zero attached hydrogens (tertiary/aromatic N) is 1. The number of carbonyl (C=O) groups excluding carboxylic acids is 2. The molecule has 108 valence electrons. The summed E-state index contributed by atoms with van der Waals surface area (Å²) >= 11 is 6.63. The molecular weight excluding hydrogens is 317 g/mol. The van der Waals surface area contributed by atoms with Gasteiger partial charge in [0.05, 0.1) is 28.7 Å². The Hall–Kier alpha value is -1.41. The third kappa shape index (κ3) is 3.18. The SMILES string of the molecule is O=C1CSC(=O)N1CNc1cc(C(F)(F)F)ccc1Cl. The maximum Gasteiger partial charge on any atom is 0.416 e. The van der Waals surface area contributed by atoms with Crippen molar-refractivity contribution in [2.75, 3.05) is 17.7 Å². The fraction of sp³-hybridized carbons (Fsp3) is 0.273. The van der Waals surface area contributed by atoms with Gasteiger partial charge in [-0.1, -0.05) is 23.4 Å². The van der Waals surface area contributed by atoms with Gasteiger partial charge in [-0.2, -0.15) is 13.2 Å². The molecule has 1 heterocycles. The Kier molecular flexibility index (Phi) is 4.14. The van der Waals surface area contributed by atoms with Gasteiger partial charge >= 0.3 is 6.18 Å². The van der Waals surface area contributed by atoms with Crippen LogP contribution in [0.25, 0.3) is 0 Å². The Bertz CT molecular complexity index is 549. The van der Waals surface area contributed by atoms with Gasteiger partial charge < -0.3 is 5.32 Å². The van der Waals surface area contributed by atoms with Gasteiger partial charge in [0.2, 0.25) is 5.91 Å². The number of imide groups is 1. The first kappa shape index (κ1) is 15.0. The lowest BCUT2D eigenvalue weighted by Crippen LogP contribution is -2.33. The second kappa shape index (κ2) is 5.53. The molecule has 0 aromatic heterocycles. The molecule has 0 unspecified atom stereocenters. The lowest BCUT2D eigenvalue weighted by Gasteiger charge is -2.16. The zero-order valence-corrected chi connectivity index (χ0v) is 11.4. The van der Waals surface area contributed by atoms with Crippen molar-refractivity contribution in [3.05, 3.63) is 28.8 Å². The fourth-order valence-corrected chi connectivity index (χ4v) is 2.44. The van der Waals surface area contributed by atoms with E-state index in [1.165, 1.54) is 0 Å². The van der Waals surface area contributed by atoms with Crippen LogP contribution in [0.2, 0.25) is 5.02 Å². The van der Waals surface area contributed by atoms with Crippen LogP contribution < -0.4 is 5.32 Å². The molecule has 1 fully saturated rings. The van der Waals surface area contributed by atoms with Crippen molar-refractivity contribution in [1.82, 2.24) is 4.90 Å². The number of amides is 2. The lowest BCUT2D eigenvalue weighted by molar-refractivity contribution is -0.137. The molecule has 20 heavy (non-hydrogen) atoms. The molecule has 1 aliphatic rings. The van der Waals surface area contributed by atoms with Crippen molar-refractivity contribution in [1.29, 1.82) is 0 Å². The molecule has 1 aromatic carbocycles. The highest BCUT2D eigenvalue weighted by Crippen LogP contribution is 2.34. The van der Waals surface area contributed by atoms with Crippen molar-refractivity contribution < 1.29 is 22.8 Å². The van der Waals surface area contributed by atoms with Crippen LogP contribution in [0.3, 0.4) is 0 Å². The van der Waals surface area contributed by atoms with Crippen LogP contribution in [0.15, 0.2) is 18.2 Å². The summed E-state index contributed by atoms with van der Waals surface area (Å²) in [5.74, 6) is -0.354. The normalized spacial score (nSPS) is 15.9. The summed E-state index contributed by atoms with van der Waals surface area (Å²) in [6.45, 7) is -0.217. The molecule has 9 heteroatoms. The molecule has 1 aromatic rings. The van der Waals surface area contributed by atoms with Crippen LogP contribution >= 0.6 is 23.4 Å². The summed E-state index contributed by atoms with van der Waals surface area (Å²) in [4.78, 5) is 23.6. The lowest BCUT2D eigenvalue weighted by atomic mass is 10.2. The number of hydrogen-bond acceptors (Lipinski definition) is 4. The van der Waals surface area contributed by atoms with Crippen LogP contribution in [0.5, 0.6) is 0 Å². The molecule has 1 N–H and O–H groups in total. The van der Waals surface area contributed by atoms with E-state index in [-0.39, 0.29) is 23.1 Å². The number of rotatable bonds is 3. The maximum absolute atomic E-state index is 12.6. The Morgan fingerprint density at radius 3 is 2.60 bits per heavy atom. The van der Waals surface area contributed by atoms with Crippen LogP contribution in [0, 0.1) is 0 Å². The maximum atomic E-state index is 12.6. The van der Waals surface area contributed by atoms with E-state index in [1.807, 2.05) is 0 Å².